The number of nitrogens with one attached hydrogen (secondary N) is 2. The monoisotopic (exact) mass is 239 g/mol. The van der Waals surface area contributed by atoms with Gasteiger partial charge in [0.15, 0.2) is 0 Å². The van der Waals surface area contributed by atoms with Gasteiger partial charge in [-0.05, 0) is 37.6 Å². The fourth-order valence-corrected chi connectivity index (χ4v) is 1.84. The number of aromatic nitrogens is 1. The highest BCUT2D eigenvalue weighted by Gasteiger charge is 2.15. The van der Waals surface area contributed by atoms with E-state index in [2.05, 4.69) is 15.6 Å². The minimum absolute atomic E-state index is 0.136. The molecule has 5 heteroatoms. The molecule has 1 unspecified atom stereocenters. The third-order valence-corrected chi connectivity index (χ3v) is 2.90. The maximum Gasteiger partial charge on any atom is 0.269 e. The molecule has 86 valence electrons. The number of pyridine rings is 1. The zero-order valence-corrected chi connectivity index (χ0v) is 9.63. The van der Waals surface area contributed by atoms with Crippen LogP contribution < -0.4 is 10.6 Å². The van der Waals surface area contributed by atoms with E-state index in [1.165, 1.54) is 6.20 Å². The van der Waals surface area contributed by atoms with Crippen molar-refractivity contribution in [3.63, 3.8) is 0 Å². The Morgan fingerprint density at radius 3 is 3.12 bits per heavy atom. The second kappa shape index (κ2) is 5.27. The smallest absolute Gasteiger partial charge is 0.269 e. The van der Waals surface area contributed by atoms with Crippen LogP contribution in [0.2, 0.25) is 5.02 Å². The van der Waals surface area contributed by atoms with Crippen LogP contribution in [0.4, 0.5) is 0 Å². The van der Waals surface area contributed by atoms with Crippen LogP contribution in [0.5, 0.6) is 0 Å². The van der Waals surface area contributed by atoms with Crippen LogP contribution in [-0.4, -0.2) is 30.5 Å². The van der Waals surface area contributed by atoms with E-state index in [0.717, 1.165) is 19.5 Å². The van der Waals surface area contributed by atoms with Gasteiger partial charge in [0.25, 0.3) is 5.91 Å². The Hall–Kier alpha value is -1.13. The number of nitrogens with zero attached hydrogens (tertiary/aromatic N) is 1. The first-order valence-electron chi connectivity index (χ1n) is 5.36. The number of rotatable bonds is 3. The molecule has 2 N–H and O–H groups in total. The van der Waals surface area contributed by atoms with E-state index >= 15 is 0 Å². The van der Waals surface area contributed by atoms with Gasteiger partial charge in [-0.2, -0.15) is 0 Å². The largest absolute Gasteiger partial charge is 0.350 e. The van der Waals surface area contributed by atoms with Crippen LogP contribution in [0.1, 0.15) is 16.9 Å². The van der Waals surface area contributed by atoms with Gasteiger partial charge < -0.3 is 10.6 Å². The van der Waals surface area contributed by atoms with Crippen molar-refractivity contribution < 1.29 is 4.79 Å². The van der Waals surface area contributed by atoms with Gasteiger partial charge in [0, 0.05) is 12.7 Å². The highest BCUT2D eigenvalue weighted by atomic mass is 35.5. The van der Waals surface area contributed by atoms with Crippen LogP contribution in [0.3, 0.4) is 0 Å². The summed E-state index contributed by atoms with van der Waals surface area (Å²) in [5.74, 6) is 0.403. The third-order valence-electron chi connectivity index (χ3n) is 2.67. The summed E-state index contributed by atoms with van der Waals surface area (Å²) in [6.07, 6.45) is 2.60. The molecular weight excluding hydrogens is 226 g/mol. The predicted molar refractivity (Wildman–Crippen MR) is 62.6 cm³/mol. The minimum atomic E-state index is -0.136. The van der Waals surface area contributed by atoms with Crippen molar-refractivity contribution in [2.45, 2.75) is 6.42 Å². The van der Waals surface area contributed by atoms with Gasteiger partial charge in [-0.15, -0.1) is 0 Å². The highest BCUT2D eigenvalue weighted by Crippen LogP contribution is 2.07. The van der Waals surface area contributed by atoms with Crippen LogP contribution in [-0.2, 0) is 0 Å². The van der Waals surface area contributed by atoms with Crippen LogP contribution in [0.25, 0.3) is 0 Å². The summed E-state index contributed by atoms with van der Waals surface area (Å²) < 4.78 is 0. The zero-order valence-electron chi connectivity index (χ0n) is 8.87. The summed E-state index contributed by atoms with van der Waals surface area (Å²) in [6, 6.07) is 3.30. The van der Waals surface area contributed by atoms with Crippen molar-refractivity contribution in [2.75, 3.05) is 19.6 Å². The van der Waals surface area contributed by atoms with Crippen molar-refractivity contribution in [1.29, 1.82) is 0 Å². The van der Waals surface area contributed by atoms with Crippen molar-refractivity contribution in [3.8, 4) is 0 Å². The number of carbonyl (C=O) groups is 1. The molecule has 1 atom stereocenters. The number of hydrogen-bond donors (Lipinski definition) is 2. The van der Waals surface area contributed by atoms with Crippen molar-refractivity contribution >= 4 is 17.5 Å². The maximum absolute atomic E-state index is 11.7. The third kappa shape index (κ3) is 2.93. The molecular formula is C11H14ClN3O. The fourth-order valence-electron chi connectivity index (χ4n) is 1.73. The summed E-state index contributed by atoms with van der Waals surface area (Å²) in [4.78, 5) is 15.6. The lowest BCUT2D eigenvalue weighted by Crippen LogP contribution is -2.30. The molecule has 1 aromatic heterocycles. The molecule has 1 aliphatic rings. The molecule has 16 heavy (non-hydrogen) atoms. The van der Waals surface area contributed by atoms with E-state index in [-0.39, 0.29) is 5.91 Å². The van der Waals surface area contributed by atoms with E-state index in [1.54, 1.807) is 12.1 Å². The Morgan fingerprint density at radius 2 is 2.50 bits per heavy atom. The lowest BCUT2D eigenvalue weighted by molar-refractivity contribution is 0.0943. The molecule has 0 saturated carbocycles. The SMILES string of the molecule is O=C(NCC1CCNC1)c1ccc(Cl)cn1. The first kappa shape index (κ1) is 11.4. The lowest BCUT2D eigenvalue weighted by Gasteiger charge is -2.09. The summed E-state index contributed by atoms with van der Waals surface area (Å²) in [5.41, 5.74) is 0.412. The molecule has 2 heterocycles. The van der Waals surface area contributed by atoms with Crippen molar-refractivity contribution in [1.82, 2.24) is 15.6 Å². The predicted octanol–water partition coefficient (Wildman–Crippen LogP) is 1.07. The molecule has 4 nitrogen and oxygen atoms in total. The molecule has 0 radical (unpaired) electrons. The van der Waals surface area contributed by atoms with Gasteiger partial charge in [0.05, 0.1) is 5.02 Å². The first-order chi connectivity index (χ1) is 7.75. The Kier molecular flexibility index (Phi) is 3.74. The Balaban J connectivity index is 1.85. The molecule has 1 saturated heterocycles. The molecule has 0 aromatic carbocycles. The second-order valence-corrected chi connectivity index (χ2v) is 4.37. The number of halogens is 1. The van der Waals surface area contributed by atoms with Gasteiger partial charge in [0.2, 0.25) is 0 Å². The van der Waals surface area contributed by atoms with Gasteiger partial charge in [-0.1, -0.05) is 11.6 Å². The fraction of sp³-hybridized carbons (Fsp3) is 0.455. The van der Waals surface area contributed by atoms with E-state index < -0.39 is 0 Å². The second-order valence-electron chi connectivity index (χ2n) is 3.93. The molecule has 0 aliphatic carbocycles. The standard InChI is InChI=1S/C11H14ClN3O/c12-9-1-2-10(14-7-9)11(16)15-6-8-3-4-13-5-8/h1-2,7-8,13H,3-6H2,(H,15,16). The normalized spacial score (nSPS) is 19.7. The van der Waals surface area contributed by atoms with E-state index in [1.807, 2.05) is 0 Å². The average Bonchev–Trinajstić information content (AvgIpc) is 2.80. The van der Waals surface area contributed by atoms with Crippen molar-refractivity contribution in [2.24, 2.45) is 5.92 Å². The quantitative estimate of drug-likeness (QED) is 0.830. The number of carbonyl (C=O) groups excluding carboxylic acids is 1. The molecule has 0 spiro atoms. The Morgan fingerprint density at radius 1 is 1.62 bits per heavy atom. The molecule has 2 rings (SSSR count). The number of amides is 1. The summed E-state index contributed by atoms with van der Waals surface area (Å²) in [7, 11) is 0. The minimum Gasteiger partial charge on any atom is -0.350 e. The molecule has 1 aliphatic heterocycles. The van der Waals surface area contributed by atoms with Crippen LogP contribution in [0.15, 0.2) is 18.3 Å². The summed E-state index contributed by atoms with van der Waals surface area (Å²) in [6.45, 7) is 2.73. The first-order valence-corrected chi connectivity index (χ1v) is 5.74. The molecule has 1 fully saturated rings. The summed E-state index contributed by atoms with van der Waals surface area (Å²) in [5, 5.41) is 6.67. The van der Waals surface area contributed by atoms with E-state index in [0.29, 0.717) is 23.2 Å². The molecule has 1 amide bonds. The summed E-state index contributed by atoms with van der Waals surface area (Å²) >= 11 is 5.69. The average molecular weight is 240 g/mol. The van der Waals surface area contributed by atoms with Gasteiger partial charge >= 0.3 is 0 Å². The van der Waals surface area contributed by atoms with Gasteiger partial charge in [-0.25, -0.2) is 4.98 Å². The maximum atomic E-state index is 11.7. The van der Waals surface area contributed by atoms with Gasteiger partial charge in [0.1, 0.15) is 5.69 Å². The van der Waals surface area contributed by atoms with E-state index in [9.17, 15) is 4.79 Å². The van der Waals surface area contributed by atoms with Crippen LogP contribution in [0, 0.1) is 5.92 Å². The Labute approximate surface area is 99.4 Å². The topological polar surface area (TPSA) is 54.0 Å². The zero-order chi connectivity index (χ0) is 11.4. The van der Waals surface area contributed by atoms with Crippen LogP contribution >= 0.6 is 11.6 Å². The van der Waals surface area contributed by atoms with E-state index in [4.69, 9.17) is 11.6 Å². The van der Waals surface area contributed by atoms with Crippen molar-refractivity contribution in [3.05, 3.63) is 29.0 Å². The Bertz CT molecular complexity index is 360. The number of hydrogen-bond acceptors (Lipinski definition) is 3. The molecule has 0 bridgehead atoms. The molecule has 1 aromatic rings. The highest BCUT2D eigenvalue weighted by molar-refractivity contribution is 6.30. The van der Waals surface area contributed by atoms with Gasteiger partial charge in [-0.3, -0.25) is 4.79 Å². The lowest BCUT2D eigenvalue weighted by atomic mass is 10.1.